The van der Waals surface area contributed by atoms with Crippen molar-refractivity contribution in [3.63, 3.8) is 0 Å². The van der Waals surface area contributed by atoms with E-state index in [2.05, 4.69) is 29.2 Å². The number of hydrogen-bond acceptors (Lipinski definition) is 2. The van der Waals surface area contributed by atoms with E-state index in [1.54, 1.807) is 0 Å². The highest BCUT2D eigenvalue weighted by atomic mass is 32.2. The molecule has 2 heterocycles. The molecule has 1 fully saturated rings. The number of amides is 1. The molecule has 1 saturated heterocycles. The van der Waals surface area contributed by atoms with Crippen LogP contribution in [0.25, 0.3) is 0 Å². The van der Waals surface area contributed by atoms with Crippen LogP contribution in [-0.4, -0.2) is 29.6 Å². The van der Waals surface area contributed by atoms with Crippen LogP contribution in [0.1, 0.15) is 30.7 Å². The maximum Gasteiger partial charge on any atom is 0.222 e. The summed E-state index contributed by atoms with van der Waals surface area (Å²) in [6.07, 6.45) is 3.00. The van der Waals surface area contributed by atoms with Crippen molar-refractivity contribution in [1.82, 2.24) is 4.90 Å². The summed E-state index contributed by atoms with van der Waals surface area (Å²) in [7, 11) is 0. The standard InChI is InChI=1S/C14H17NOS/c16-14-7-3-4-8-15(14)9-11-10-17-13-6-2-1-5-12(11)13/h1-2,5-6,11H,3-4,7-10H2. The zero-order valence-electron chi connectivity index (χ0n) is 9.89. The van der Waals surface area contributed by atoms with Gasteiger partial charge in [0.1, 0.15) is 0 Å². The van der Waals surface area contributed by atoms with E-state index in [1.807, 2.05) is 11.8 Å². The molecule has 2 aliphatic rings. The third kappa shape index (κ3) is 2.21. The van der Waals surface area contributed by atoms with Gasteiger partial charge in [0.05, 0.1) is 0 Å². The minimum absolute atomic E-state index is 0.352. The van der Waals surface area contributed by atoms with Gasteiger partial charge in [-0.05, 0) is 24.5 Å². The first-order valence-corrected chi connectivity index (χ1v) is 7.32. The van der Waals surface area contributed by atoms with Crippen molar-refractivity contribution in [1.29, 1.82) is 0 Å². The number of rotatable bonds is 2. The van der Waals surface area contributed by atoms with Crippen LogP contribution in [0.2, 0.25) is 0 Å². The van der Waals surface area contributed by atoms with Gasteiger partial charge in [-0.2, -0.15) is 0 Å². The molecule has 0 radical (unpaired) electrons. The van der Waals surface area contributed by atoms with Crippen LogP contribution in [0.5, 0.6) is 0 Å². The number of benzene rings is 1. The van der Waals surface area contributed by atoms with Crippen LogP contribution in [0, 0.1) is 0 Å². The van der Waals surface area contributed by atoms with Crippen LogP contribution in [0.4, 0.5) is 0 Å². The molecule has 1 unspecified atom stereocenters. The molecule has 90 valence electrons. The van der Waals surface area contributed by atoms with E-state index in [0.29, 0.717) is 11.8 Å². The Hall–Kier alpha value is -0.960. The Morgan fingerprint density at radius 3 is 3.06 bits per heavy atom. The zero-order valence-corrected chi connectivity index (χ0v) is 10.7. The van der Waals surface area contributed by atoms with Crippen molar-refractivity contribution in [3.05, 3.63) is 29.8 Å². The number of piperidine rings is 1. The van der Waals surface area contributed by atoms with E-state index in [4.69, 9.17) is 0 Å². The number of likely N-dealkylation sites (tertiary alicyclic amines) is 1. The van der Waals surface area contributed by atoms with Crippen molar-refractivity contribution in [2.24, 2.45) is 0 Å². The first-order chi connectivity index (χ1) is 8.34. The SMILES string of the molecule is O=C1CCCCN1CC1CSc2ccccc21. The molecule has 2 aliphatic heterocycles. The van der Waals surface area contributed by atoms with Crippen LogP contribution in [0.15, 0.2) is 29.2 Å². The second-order valence-corrected chi connectivity index (χ2v) is 5.90. The first-order valence-electron chi connectivity index (χ1n) is 6.34. The van der Waals surface area contributed by atoms with Gasteiger partial charge in [-0.3, -0.25) is 4.79 Å². The Labute approximate surface area is 106 Å². The molecule has 3 rings (SSSR count). The highest BCUT2D eigenvalue weighted by Crippen LogP contribution is 2.39. The largest absolute Gasteiger partial charge is 0.342 e. The monoisotopic (exact) mass is 247 g/mol. The highest BCUT2D eigenvalue weighted by molar-refractivity contribution is 7.99. The minimum atomic E-state index is 0.352. The quantitative estimate of drug-likeness (QED) is 0.801. The smallest absolute Gasteiger partial charge is 0.222 e. The zero-order chi connectivity index (χ0) is 11.7. The number of fused-ring (bicyclic) bond motifs is 1. The van der Waals surface area contributed by atoms with Gasteiger partial charge in [0.25, 0.3) is 0 Å². The number of carbonyl (C=O) groups excluding carboxylic acids is 1. The van der Waals surface area contributed by atoms with Crippen LogP contribution in [0.3, 0.4) is 0 Å². The maximum absolute atomic E-state index is 11.8. The van der Waals surface area contributed by atoms with Gasteiger partial charge in [-0.15, -0.1) is 11.8 Å². The lowest BCUT2D eigenvalue weighted by Gasteiger charge is -2.29. The van der Waals surface area contributed by atoms with E-state index in [-0.39, 0.29) is 0 Å². The Bertz CT molecular complexity index is 432. The van der Waals surface area contributed by atoms with Gasteiger partial charge in [-0.25, -0.2) is 0 Å². The lowest BCUT2D eigenvalue weighted by molar-refractivity contribution is -0.133. The Morgan fingerprint density at radius 1 is 1.29 bits per heavy atom. The third-order valence-corrected chi connectivity index (χ3v) is 4.91. The number of nitrogens with zero attached hydrogens (tertiary/aromatic N) is 1. The molecule has 2 nitrogen and oxygen atoms in total. The summed E-state index contributed by atoms with van der Waals surface area (Å²) in [6, 6.07) is 8.61. The van der Waals surface area contributed by atoms with Gasteiger partial charge >= 0.3 is 0 Å². The molecule has 0 saturated carbocycles. The molecular weight excluding hydrogens is 230 g/mol. The molecule has 0 N–H and O–H groups in total. The van der Waals surface area contributed by atoms with Gasteiger partial charge in [0.15, 0.2) is 0 Å². The number of carbonyl (C=O) groups is 1. The van der Waals surface area contributed by atoms with Crippen molar-refractivity contribution < 1.29 is 4.79 Å². The summed E-state index contributed by atoms with van der Waals surface area (Å²) in [4.78, 5) is 15.3. The summed E-state index contributed by atoms with van der Waals surface area (Å²) in [6.45, 7) is 1.88. The van der Waals surface area contributed by atoms with Gasteiger partial charge in [0, 0.05) is 36.1 Å². The molecule has 0 spiro atoms. The second kappa shape index (κ2) is 4.73. The molecule has 0 bridgehead atoms. The molecule has 1 atom stereocenters. The minimum Gasteiger partial charge on any atom is -0.342 e. The van der Waals surface area contributed by atoms with Gasteiger partial charge in [-0.1, -0.05) is 18.2 Å². The van der Waals surface area contributed by atoms with E-state index in [0.717, 1.165) is 31.7 Å². The van der Waals surface area contributed by atoms with Gasteiger partial charge < -0.3 is 4.90 Å². The summed E-state index contributed by atoms with van der Waals surface area (Å²) < 4.78 is 0. The number of thioether (sulfide) groups is 1. The van der Waals surface area contributed by atoms with Crippen LogP contribution in [-0.2, 0) is 4.79 Å². The highest BCUT2D eigenvalue weighted by Gasteiger charge is 2.27. The lowest BCUT2D eigenvalue weighted by atomic mass is 9.99. The normalized spacial score (nSPS) is 23.9. The van der Waals surface area contributed by atoms with Crippen molar-refractivity contribution in [2.75, 3.05) is 18.8 Å². The first kappa shape index (κ1) is 11.1. The summed E-state index contributed by atoms with van der Waals surface area (Å²) in [5, 5.41) is 0. The molecule has 3 heteroatoms. The van der Waals surface area contributed by atoms with E-state index in [9.17, 15) is 4.79 Å². The summed E-state index contributed by atoms with van der Waals surface area (Å²) >= 11 is 1.93. The fraction of sp³-hybridized carbons (Fsp3) is 0.500. The molecule has 0 aliphatic carbocycles. The molecule has 17 heavy (non-hydrogen) atoms. The molecule has 1 aromatic carbocycles. The maximum atomic E-state index is 11.8. The van der Waals surface area contributed by atoms with Crippen molar-refractivity contribution in [3.8, 4) is 0 Å². The Balaban J connectivity index is 1.72. The fourth-order valence-corrected chi connectivity index (χ4v) is 3.94. The molecule has 1 aromatic rings. The topological polar surface area (TPSA) is 20.3 Å². The molecular formula is C14H17NOS. The third-order valence-electron chi connectivity index (χ3n) is 3.66. The molecule has 1 amide bonds. The summed E-state index contributed by atoms with van der Waals surface area (Å²) in [5.41, 5.74) is 1.44. The lowest BCUT2D eigenvalue weighted by Crippen LogP contribution is -2.38. The fourth-order valence-electron chi connectivity index (χ4n) is 2.70. The van der Waals surface area contributed by atoms with E-state index in [1.165, 1.54) is 16.9 Å². The Kier molecular flexibility index (Phi) is 3.10. The average molecular weight is 247 g/mol. The Morgan fingerprint density at radius 2 is 2.18 bits per heavy atom. The van der Waals surface area contributed by atoms with E-state index < -0.39 is 0 Å². The van der Waals surface area contributed by atoms with Crippen molar-refractivity contribution in [2.45, 2.75) is 30.1 Å². The van der Waals surface area contributed by atoms with E-state index >= 15 is 0 Å². The second-order valence-electron chi connectivity index (χ2n) is 4.84. The van der Waals surface area contributed by atoms with Crippen LogP contribution >= 0.6 is 11.8 Å². The number of hydrogen-bond donors (Lipinski definition) is 0. The van der Waals surface area contributed by atoms with Crippen molar-refractivity contribution >= 4 is 17.7 Å². The van der Waals surface area contributed by atoms with Crippen LogP contribution < -0.4 is 0 Å². The molecule has 0 aromatic heterocycles. The predicted molar refractivity (Wildman–Crippen MR) is 70.3 cm³/mol. The van der Waals surface area contributed by atoms with Gasteiger partial charge in [0.2, 0.25) is 5.91 Å². The summed E-state index contributed by atoms with van der Waals surface area (Å²) in [5.74, 6) is 2.02. The average Bonchev–Trinajstić information content (AvgIpc) is 2.76. The predicted octanol–water partition coefficient (Wildman–Crippen LogP) is 2.89.